The monoisotopic (exact) mass is 267 g/mol. The first-order valence-electron chi connectivity index (χ1n) is 9.12. The van der Waals surface area contributed by atoms with Crippen LogP contribution in [0.15, 0.2) is 0 Å². The van der Waals surface area contributed by atoms with Gasteiger partial charge in [0.25, 0.3) is 0 Å². The van der Waals surface area contributed by atoms with E-state index in [2.05, 4.69) is 18.7 Å². The van der Waals surface area contributed by atoms with Crippen molar-refractivity contribution >= 4 is 0 Å². The Hall–Kier alpha value is -0.0400. The summed E-state index contributed by atoms with van der Waals surface area (Å²) in [6, 6.07) is 0.956. The van der Waals surface area contributed by atoms with Crippen LogP contribution in [0, 0.1) is 0 Å². The molecule has 0 bridgehead atoms. The van der Waals surface area contributed by atoms with E-state index in [1.807, 2.05) is 0 Å². The van der Waals surface area contributed by atoms with Gasteiger partial charge in [-0.25, -0.2) is 0 Å². The molecular formula is C18H37N. The van der Waals surface area contributed by atoms with Crippen LogP contribution in [0.2, 0.25) is 0 Å². The fraction of sp³-hybridized carbons (Fsp3) is 1.00. The van der Waals surface area contributed by atoms with Crippen molar-refractivity contribution in [1.29, 1.82) is 0 Å². The Morgan fingerprint density at radius 2 is 1.32 bits per heavy atom. The van der Waals surface area contributed by atoms with E-state index in [1.54, 1.807) is 0 Å². The van der Waals surface area contributed by atoms with Crippen molar-refractivity contribution < 1.29 is 0 Å². The molecule has 1 saturated heterocycles. The van der Waals surface area contributed by atoms with E-state index in [1.165, 1.54) is 96.6 Å². The van der Waals surface area contributed by atoms with Gasteiger partial charge >= 0.3 is 0 Å². The molecule has 1 aliphatic heterocycles. The van der Waals surface area contributed by atoms with Crippen LogP contribution in [0.5, 0.6) is 0 Å². The van der Waals surface area contributed by atoms with E-state index in [0.717, 1.165) is 6.04 Å². The Morgan fingerprint density at radius 1 is 0.737 bits per heavy atom. The van der Waals surface area contributed by atoms with Crippen molar-refractivity contribution in [1.82, 2.24) is 4.90 Å². The smallest absolute Gasteiger partial charge is 0.0107 e. The summed E-state index contributed by atoms with van der Waals surface area (Å²) >= 11 is 0. The minimum absolute atomic E-state index is 0.956. The van der Waals surface area contributed by atoms with Gasteiger partial charge < -0.3 is 4.90 Å². The van der Waals surface area contributed by atoms with E-state index >= 15 is 0 Å². The fourth-order valence-electron chi connectivity index (χ4n) is 3.19. The Bertz CT molecular complexity index is 190. The zero-order valence-corrected chi connectivity index (χ0v) is 13.6. The Morgan fingerprint density at radius 3 is 1.89 bits per heavy atom. The number of hydrogen-bond donors (Lipinski definition) is 0. The molecule has 19 heavy (non-hydrogen) atoms. The molecule has 0 radical (unpaired) electrons. The van der Waals surface area contributed by atoms with Crippen LogP contribution in [0.3, 0.4) is 0 Å². The van der Waals surface area contributed by atoms with E-state index < -0.39 is 0 Å². The lowest BCUT2D eigenvalue weighted by atomic mass is 9.95. The second-order valence-corrected chi connectivity index (χ2v) is 6.45. The summed E-state index contributed by atoms with van der Waals surface area (Å²) in [6.07, 6.45) is 18.8. The van der Waals surface area contributed by atoms with Crippen LogP contribution >= 0.6 is 0 Å². The lowest BCUT2D eigenvalue weighted by molar-refractivity contribution is 0.0795. The fourth-order valence-corrected chi connectivity index (χ4v) is 3.19. The normalized spacial score (nSPS) is 19.6. The molecule has 0 aromatic carbocycles. The highest BCUT2D eigenvalue weighted by Crippen LogP contribution is 2.23. The van der Waals surface area contributed by atoms with Crippen molar-refractivity contribution in [3.8, 4) is 0 Å². The molecule has 1 heteroatoms. The van der Waals surface area contributed by atoms with Crippen LogP contribution in [0.25, 0.3) is 0 Å². The first-order valence-corrected chi connectivity index (χ1v) is 9.12. The summed E-state index contributed by atoms with van der Waals surface area (Å²) in [5.41, 5.74) is 0. The average molecular weight is 268 g/mol. The molecule has 114 valence electrons. The van der Waals surface area contributed by atoms with E-state index in [-0.39, 0.29) is 0 Å². The van der Waals surface area contributed by atoms with E-state index in [0.29, 0.717) is 0 Å². The van der Waals surface area contributed by atoms with Gasteiger partial charge in [0, 0.05) is 6.04 Å². The SMILES string of the molecule is CCCCCCCCN1CCC1CCCCCCC. The highest BCUT2D eigenvalue weighted by Gasteiger charge is 2.26. The first-order chi connectivity index (χ1) is 9.38. The maximum absolute atomic E-state index is 2.75. The van der Waals surface area contributed by atoms with Gasteiger partial charge in [0.15, 0.2) is 0 Å². The summed E-state index contributed by atoms with van der Waals surface area (Å²) in [5, 5.41) is 0. The second kappa shape index (κ2) is 11.8. The lowest BCUT2D eigenvalue weighted by Gasteiger charge is -2.41. The van der Waals surface area contributed by atoms with Gasteiger partial charge in [-0.2, -0.15) is 0 Å². The van der Waals surface area contributed by atoms with Gasteiger partial charge in [0.1, 0.15) is 0 Å². The molecule has 0 aliphatic carbocycles. The minimum Gasteiger partial charge on any atom is -0.300 e. The Kier molecular flexibility index (Phi) is 10.5. The number of rotatable bonds is 13. The van der Waals surface area contributed by atoms with Crippen molar-refractivity contribution in [2.75, 3.05) is 13.1 Å². The molecule has 1 atom stereocenters. The van der Waals surface area contributed by atoms with Crippen LogP contribution in [-0.2, 0) is 0 Å². The lowest BCUT2D eigenvalue weighted by Crippen LogP contribution is -2.47. The predicted molar refractivity (Wildman–Crippen MR) is 86.7 cm³/mol. The molecule has 0 aromatic rings. The standard InChI is InChI=1S/C18H37N/c1-3-5-7-9-11-13-16-19-17-15-18(19)14-12-10-8-6-4-2/h18H,3-17H2,1-2H3. The molecule has 1 aliphatic rings. The van der Waals surface area contributed by atoms with Crippen molar-refractivity contribution in [3.05, 3.63) is 0 Å². The van der Waals surface area contributed by atoms with Crippen LogP contribution in [0.4, 0.5) is 0 Å². The highest BCUT2D eigenvalue weighted by atomic mass is 15.2. The second-order valence-electron chi connectivity index (χ2n) is 6.45. The predicted octanol–water partition coefficient (Wildman–Crippen LogP) is 5.78. The van der Waals surface area contributed by atoms with E-state index in [9.17, 15) is 0 Å². The Labute approximate surface area is 122 Å². The molecule has 1 heterocycles. The molecule has 1 fully saturated rings. The summed E-state index contributed by atoms with van der Waals surface area (Å²) in [5.74, 6) is 0. The van der Waals surface area contributed by atoms with Crippen LogP contribution in [-0.4, -0.2) is 24.0 Å². The van der Waals surface area contributed by atoms with Gasteiger partial charge in [0.2, 0.25) is 0 Å². The molecule has 1 nitrogen and oxygen atoms in total. The summed E-state index contributed by atoms with van der Waals surface area (Å²) in [7, 11) is 0. The van der Waals surface area contributed by atoms with Crippen LogP contribution in [0.1, 0.15) is 97.3 Å². The minimum atomic E-state index is 0.956. The topological polar surface area (TPSA) is 3.24 Å². The maximum Gasteiger partial charge on any atom is 0.0107 e. The van der Waals surface area contributed by atoms with Gasteiger partial charge in [-0.15, -0.1) is 0 Å². The summed E-state index contributed by atoms with van der Waals surface area (Å²) in [6.45, 7) is 7.36. The van der Waals surface area contributed by atoms with Crippen molar-refractivity contribution in [2.24, 2.45) is 0 Å². The molecule has 0 saturated carbocycles. The molecular weight excluding hydrogens is 230 g/mol. The number of nitrogens with zero attached hydrogens (tertiary/aromatic N) is 1. The van der Waals surface area contributed by atoms with Crippen LogP contribution < -0.4 is 0 Å². The van der Waals surface area contributed by atoms with Gasteiger partial charge in [-0.05, 0) is 32.4 Å². The van der Waals surface area contributed by atoms with Gasteiger partial charge in [-0.3, -0.25) is 0 Å². The van der Waals surface area contributed by atoms with Gasteiger partial charge in [-0.1, -0.05) is 78.1 Å². The number of likely N-dealkylation sites (tertiary alicyclic amines) is 1. The Balaban J connectivity index is 1.88. The zero-order chi connectivity index (χ0) is 13.8. The zero-order valence-electron chi connectivity index (χ0n) is 13.6. The quantitative estimate of drug-likeness (QED) is 0.382. The van der Waals surface area contributed by atoms with Gasteiger partial charge in [0.05, 0.1) is 0 Å². The average Bonchev–Trinajstić information content (AvgIpc) is 2.40. The summed E-state index contributed by atoms with van der Waals surface area (Å²) < 4.78 is 0. The van der Waals surface area contributed by atoms with Crippen molar-refractivity contribution in [2.45, 2.75) is 103 Å². The molecule has 0 N–H and O–H groups in total. The molecule has 1 unspecified atom stereocenters. The molecule has 0 aromatic heterocycles. The highest BCUT2D eigenvalue weighted by molar-refractivity contribution is 4.82. The number of unbranched alkanes of at least 4 members (excludes halogenated alkanes) is 9. The maximum atomic E-state index is 2.75. The van der Waals surface area contributed by atoms with E-state index in [4.69, 9.17) is 0 Å². The molecule has 0 amide bonds. The summed E-state index contributed by atoms with van der Waals surface area (Å²) in [4.78, 5) is 2.75. The number of hydrogen-bond acceptors (Lipinski definition) is 1. The third-order valence-electron chi connectivity index (χ3n) is 4.71. The molecule has 0 spiro atoms. The van der Waals surface area contributed by atoms with Crippen molar-refractivity contribution in [3.63, 3.8) is 0 Å². The first kappa shape index (κ1) is 17.0. The molecule has 1 rings (SSSR count). The largest absolute Gasteiger partial charge is 0.300 e. The third-order valence-corrected chi connectivity index (χ3v) is 4.71. The third kappa shape index (κ3) is 7.97.